The maximum absolute atomic E-state index is 10.7. The van der Waals surface area contributed by atoms with Gasteiger partial charge in [-0.05, 0) is 0 Å². The van der Waals surface area contributed by atoms with Crippen LogP contribution in [-0.2, 0) is 23.7 Å². The first-order valence-electron chi connectivity index (χ1n) is 10.6. The van der Waals surface area contributed by atoms with Gasteiger partial charge in [-0.1, -0.05) is 0 Å². The second-order valence-corrected chi connectivity index (χ2v) is 8.13. The van der Waals surface area contributed by atoms with Gasteiger partial charge in [0.25, 0.3) is 0 Å². The minimum atomic E-state index is -3.07. The van der Waals surface area contributed by atoms with E-state index < -0.39 is 113 Å². The largest absolute Gasteiger partial charge is 0.394 e. The van der Waals surface area contributed by atoms with Crippen molar-refractivity contribution in [2.75, 3.05) is 39.6 Å². The van der Waals surface area contributed by atoms with Crippen LogP contribution in [0.4, 0.5) is 0 Å². The molecule has 0 aliphatic carbocycles. The Morgan fingerprint density at radius 1 is 0.600 bits per heavy atom. The second-order valence-electron chi connectivity index (χ2n) is 8.13. The number of hydrogen-bond donors (Lipinski definition) is 12. The van der Waals surface area contributed by atoms with Gasteiger partial charge in [0.15, 0.2) is 12.2 Å². The van der Waals surface area contributed by atoms with Gasteiger partial charge in [0.05, 0.1) is 39.6 Å². The fourth-order valence-corrected chi connectivity index (χ4v) is 3.42. The molecular weight excluding hydrogens is 488 g/mol. The third kappa shape index (κ3) is 6.43. The highest BCUT2D eigenvalue weighted by atomic mass is 17.0. The number of hydrogen-bond acceptors (Lipinski definition) is 17. The minimum absolute atomic E-state index is 0.859. The Kier molecular flexibility index (Phi) is 11.1. The van der Waals surface area contributed by atoms with Gasteiger partial charge < -0.3 is 80.2 Å². The molecule has 2 heterocycles. The molecule has 12 N–H and O–H groups in total. The number of ether oxygens (including phenoxy) is 5. The zero-order chi connectivity index (χ0) is 26.6. The van der Waals surface area contributed by atoms with Gasteiger partial charge in [-0.3, -0.25) is 4.74 Å². The van der Waals surface area contributed by atoms with E-state index in [-0.39, 0.29) is 0 Å². The number of rotatable bonds is 12. The standard InChI is InChI=1S/C18H34O17/c19-1-7(23)5-31-17(15(29)13(27)11(25)9(3-21)33-17)35-18(32-6-8(24)2-20)16(30)14(28)12(26)10(4-22)34-18/h7-16,19-30H,1-6H2/t7?,8?,9-,10-,11-,12-,13+,14+,15-,16-,17-,18-/m1/s1. The molecule has 2 unspecified atom stereocenters. The molecule has 12 atom stereocenters. The molecule has 0 bridgehead atoms. The van der Waals surface area contributed by atoms with Crippen LogP contribution in [0.5, 0.6) is 0 Å². The molecule has 2 aliphatic rings. The van der Waals surface area contributed by atoms with E-state index >= 15 is 0 Å². The summed E-state index contributed by atoms with van der Waals surface area (Å²) in [6, 6.07) is 0. The highest BCUT2D eigenvalue weighted by Gasteiger charge is 2.65. The van der Waals surface area contributed by atoms with Crippen molar-refractivity contribution in [2.24, 2.45) is 0 Å². The molecule has 35 heavy (non-hydrogen) atoms. The van der Waals surface area contributed by atoms with E-state index in [9.17, 15) is 51.1 Å². The second kappa shape index (κ2) is 12.7. The Labute approximate surface area is 198 Å². The fourth-order valence-electron chi connectivity index (χ4n) is 3.42. The average Bonchev–Trinajstić information content (AvgIpc) is 2.87. The summed E-state index contributed by atoms with van der Waals surface area (Å²) in [5, 5.41) is 119. The average molecular weight is 522 g/mol. The van der Waals surface area contributed by atoms with Crippen LogP contribution in [0.2, 0.25) is 0 Å². The molecule has 0 radical (unpaired) electrons. The van der Waals surface area contributed by atoms with Crippen molar-refractivity contribution >= 4 is 0 Å². The lowest BCUT2D eigenvalue weighted by molar-refractivity contribution is -0.569. The van der Waals surface area contributed by atoms with Crippen LogP contribution in [0, 0.1) is 0 Å². The first kappa shape index (κ1) is 30.5. The lowest BCUT2D eigenvalue weighted by Gasteiger charge is -2.53. The third-order valence-electron chi connectivity index (χ3n) is 5.48. The van der Waals surface area contributed by atoms with E-state index in [4.69, 9.17) is 33.9 Å². The molecular formula is C18H34O17. The van der Waals surface area contributed by atoms with Crippen LogP contribution in [0.25, 0.3) is 0 Å². The highest BCUT2D eigenvalue weighted by molar-refractivity contribution is 4.98. The van der Waals surface area contributed by atoms with Crippen molar-refractivity contribution in [1.82, 2.24) is 0 Å². The summed E-state index contributed by atoms with van der Waals surface area (Å²) < 4.78 is 26.6. The molecule has 2 fully saturated rings. The van der Waals surface area contributed by atoms with E-state index in [0.29, 0.717) is 0 Å². The van der Waals surface area contributed by atoms with E-state index in [2.05, 4.69) is 0 Å². The van der Waals surface area contributed by atoms with Crippen LogP contribution >= 0.6 is 0 Å². The Balaban J connectivity index is 2.56. The minimum Gasteiger partial charge on any atom is -0.394 e. The molecule has 2 rings (SSSR count). The lowest BCUT2D eigenvalue weighted by Crippen LogP contribution is -2.74. The molecule has 0 amide bonds. The smallest absolute Gasteiger partial charge is 0.318 e. The van der Waals surface area contributed by atoms with Gasteiger partial charge in [0.1, 0.15) is 48.8 Å². The summed E-state index contributed by atoms with van der Waals surface area (Å²) in [6.45, 7) is -5.45. The van der Waals surface area contributed by atoms with Crippen molar-refractivity contribution in [3.8, 4) is 0 Å². The Morgan fingerprint density at radius 3 is 1.23 bits per heavy atom. The zero-order valence-corrected chi connectivity index (χ0v) is 18.4. The van der Waals surface area contributed by atoms with Gasteiger partial charge in [-0.2, -0.15) is 0 Å². The first-order valence-corrected chi connectivity index (χ1v) is 10.6. The molecule has 0 saturated carbocycles. The number of aliphatic hydroxyl groups is 12. The maximum Gasteiger partial charge on any atom is 0.318 e. The Morgan fingerprint density at radius 2 is 0.943 bits per heavy atom. The van der Waals surface area contributed by atoms with E-state index in [1.54, 1.807) is 0 Å². The predicted molar refractivity (Wildman–Crippen MR) is 105 cm³/mol. The van der Waals surface area contributed by atoms with Crippen LogP contribution in [-0.4, -0.2) is 174 Å². The van der Waals surface area contributed by atoms with Crippen LogP contribution < -0.4 is 0 Å². The normalized spacial score (nSPS) is 44.2. The quantitative estimate of drug-likeness (QED) is 0.106. The molecule has 0 spiro atoms. The van der Waals surface area contributed by atoms with E-state index in [0.717, 1.165) is 0 Å². The first-order chi connectivity index (χ1) is 16.4. The summed E-state index contributed by atoms with van der Waals surface area (Å²) in [7, 11) is 0. The molecule has 0 aromatic rings. The van der Waals surface area contributed by atoms with Crippen molar-refractivity contribution in [3.05, 3.63) is 0 Å². The topological polar surface area (TPSA) is 289 Å². The fraction of sp³-hybridized carbons (Fsp3) is 1.00. The summed E-state index contributed by atoms with van der Waals surface area (Å²) in [4.78, 5) is 0. The Hall–Kier alpha value is -0.680. The molecule has 2 aliphatic heterocycles. The lowest BCUT2D eigenvalue weighted by atomic mass is 9.96. The highest BCUT2D eigenvalue weighted by Crippen LogP contribution is 2.41. The van der Waals surface area contributed by atoms with Gasteiger partial charge in [0, 0.05) is 0 Å². The maximum atomic E-state index is 10.7. The summed E-state index contributed by atoms with van der Waals surface area (Å²) in [5.74, 6) is -6.15. The van der Waals surface area contributed by atoms with Gasteiger partial charge in [-0.25, -0.2) is 0 Å². The number of aliphatic hydroxyl groups excluding tert-OH is 12. The molecule has 208 valence electrons. The summed E-state index contributed by atoms with van der Waals surface area (Å²) in [6.07, 6.45) is -19.6. The third-order valence-corrected chi connectivity index (χ3v) is 5.48. The monoisotopic (exact) mass is 522 g/mol. The molecule has 0 aromatic heterocycles. The molecule has 17 nitrogen and oxygen atoms in total. The van der Waals surface area contributed by atoms with E-state index in [1.807, 2.05) is 0 Å². The predicted octanol–water partition coefficient (Wildman–Crippen LogP) is -8.00. The van der Waals surface area contributed by atoms with Gasteiger partial charge in [-0.15, -0.1) is 0 Å². The van der Waals surface area contributed by atoms with Gasteiger partial charge >= 0.3 is 11.9 Å². The van der Waals surface area contributed by atoms with Crippen LogP contribution in [0.15, 0.2) is 0 Å². The van der Waals surface area contributed by atoms with Crippen molar-refractivity contribution in [3.63, 3.8) is 0 Å². The molecule has 17 heteroatoms. The van der Waals surface area contributed by atoms with Crippen molar-refractivity contribution in [2.45, 2.75) is 73.0 Å². The van der Waals surface area contributed by atoms with Gasteiger partial charge in [0.2, 0.25) is 0 Å². The Bertz CT molecular complexity index is 586. The zero-order valence-electron chi connectivity index (χ0n) is 18.4. The summed E-state index contributed by atoms with van der Waals surface area (Å²) in [5.41, 5.74) is 0. The SMILES string of the molecule is OCC(O)CO[C@@]1(O[C@]2(OCC(O)CO)O[C@H](CO)[C@@H](O)[C@H](O)[C@H]2O)O[C@H](CO)[C@@H](O)[C@H](O)[C@H]1O. The van der Waals surface area contributed by atoms with Crippen molar-refractivity contribution in [1.29, 1.82) is 0 Å². The van der Waals surface area contributed by atoms with Crippen LogP contribution in [0.1, 0.15) is 0 Å². The molecule has 2 saturated heterocycles. The van der Waals surface area contributed by atoms with Crippen LogP contribution in [0.3, 0.4) is 0 Å². The summed E-state index contributed by atoms with van der Waals surface area (Å²) >= 11 is 0. The van der Waals surface area contributed by atoms with Crippen molar-refractivity contribution < 1.29 is 85.0 Å². The van der Waals surface area contributed by atoms with E-state index in [1.165, 1.54) is 0 Å². The molecule has 0 aromatic carbocycles.